The van der Waals surface area contributed by atoms with E-state index < -0.39 is 12.1 Å². The molecule has 3 aromatic rings. The Morgan fingerprint density at radius 2 is 1.60 bits per heavy atom. The van der Waals surface area contributed by atoms with Crippen LogP contribution in [0.2, 0.25) is 0 Å². The fraction of sp³-hybridized carbons (Fsp3) is 0.179. The molecular formula is C28H26N2O5. The normalized spacial score (nSPS) is 12.5. The Morgan fingerprint density at radius 1 is 0.971 bits per heavy atom. The summed E-state index contributed by atoms with van der Waals surface area (Å²) >= 11 is 0. The van der Waals surface area contributed by atoms with E-state index in [1.807, 2.05) is 24.3 Å². The Hall–Kier alpha value is -4.39. The number of benzene rings is 3. The second-order valence-corrected chi connectivity index (χ2v) is 8.38. The van der Waals surface area contributed by atoms with Crippen LogP contribution in [0.3, 0.4) is 0 Å². The Kier molecular flexibility index (Phi) is 6.96. The largest absolute Gasteiger partial charge is 0.478 e. The second kappa shape index (κ2) is 10.3. The van der Waals surface area contributed by atoms with Gasteiger partial charge in [0.1, 0.15) is 6.61 Å². The van der Waals surface area contributed by atoms with Gasteiger partial charge in [0, 0.05) is 23.7 Å². The molecule has 0 radical (unpaired) electrons. The molecule has 7 nitrogen and oxygen atoms in total. The highest BCUT2D eigenvalue weighted by atomic mass is 16.5. The van der Waals surface area contributed by atoms with E-state index >= 15 is 0 Å². The summed E-state index contributed by atoms with van der Waals surface area (Å²) in [4.78, 5) is 36.0. The number of carbonyl (C=O) groups excluding carboxylic acids is 2. The topological polar surface area (TPSA) is 105 Å². The van der Waals surface area contributed by atoms with E-state index in [1.165, 1.54) is 6.07 Å². The molecule has 4 rings (SSSR count). The molecule has 0 unspecified atom stereocenters. The van der Waals surface area contributed by atoms with Crippen molar-refractivity contribution in [3.63, 3.8) is 0 Å². The molecule has 0 atom stereocenters. The van der Waals surface area contributed by atoms with Gasteiger partial charge in [0.05, 0.1) is 5.56 Å². The third kappa shape index (κ3) is 5.24. The van der Waals surface area contributed by atoms with Gasteiger partial charge in [-0.3, -0.25) is 4.79 Å². The van der Waals surface area contributed by atoms with Gasteiger partial charge in [0.25, 0.3) is 5.91 Å². The molecule has 7 heteroatoms. The first-order chi connectivity index (χ1) is 16.8. The standard InChI is InChI=1S/C28H26N2O5/c1-17-11-12-19(15-24(17)27(32)33)30-26(31)18(2)13-14-29-28(34)35-16-25-22-9-5-3-7-20(22)21-8-4-6-10-23(21)25/h3-13,15,25H,14,16H2,1-2H3,(H,29,34)(H,30,31)(H,32,33)/b18-13+. The third-order valence-electron chi connectivity index (χ3n) is 6.08. The summed E-state index contributed by atoms with van der Waals surface area (Å²) in [6.45, 7) is 3.63. The molecule has 1 aliphatic rings. The van der Waals surface area contributed by atoms with Crippen molar-refractivity contribution in [2.24, 2.45) is 0 Å². The van der Waals surface area contributed by atoms with Crippen LogP contribution in [0.1, 0.15) is 39.9 Å². The number of anilines is 1. The average molecular weight is 471 g/mol. The molecule has 35 heavy (non-hydrogen) atoms. The molecule has 1 aliphatic carbocycles. The monoisotopic (exact) mass is 470 g/mol. The van der Waals surface area contributed by atoms with Crippen LogP contribution in [0.25, 0.3) is 11.1 Å². The lowest BCUT2D eigenvalue weighted by Gasteiger charge is -2.14. The molecule has 0 saturated carbocycles. The molecule has 0 spiro atoms. The zero-order chi connectivity index (χ0) is 24.9. The minimum absolute atomic E-state index is 0.0265. The Balaban J connectivity index is 1.30. The third-order valence-corrected chi connectivity index (χ3v) is 6.08. The maximum atomic E-state index is 12.4. The van der Waals surface area contributed by atoms with Crippen LogP contribution in [0.15, 0.2) is 78.4 Å². The van der Waals surface area contributed by atoms with Crippen LogP contribution in [0, 0.1) is 6.92 Å². The highest BCUT2D eigenvalue weighted by Crippen LogP contribution is 2.44. The molecule has 3 N–H and O–H groups in total. The van der Waals surface area contributed by atoms with E-state index in [2.05, 4.69) is 34.9 Å². The lowest BCUT2D eigenvalue weighted by atomic mass is 9.98. The average Bonchev–Trinajstić information content (AvgIpc) is 3.17. The maximum Gasteiger partial charge on any atom is 0.407 e. The summed E-state index contributed by atoms with van der Waals surface area (Å²) in [5.41, 5.74) is 6.08. The van der Waals surface area contributed by atoms with E-state index in [4.69, 9.17) is 4.74 Å². The molecule has 0 fully saturated rings. The number of ether oxygens (including phenoxy) is 1. The lowest BCUT2D eigenvalue weighted by molar-refractivity contribution is -0.112. The van der Waals surface area contributed by atoms with Crippen molar-refractivity contribution in [3.8, 4) is 11.1 Å². The smallest absolute Gasteiger partial charge is 0.407 e. The van der Waals surface area contributed by atoms with Crippen LogP contribution < -0.4 is 10.6 Å². The molecular weight excluding hydrogens is 444 g/mol. The number of rotatable bonds is 7. The van der Waals surface area contributed by atoms with Gasteiger partial charge in [-0.25, -0.2) is 9.59 Å². The number of hydrogen-bond donors (Lipinski definition) is 3. The first kappa shape index (κ1) is 23.8. The van der Waals surface area contributed by atoms with E-state index in [9.17, 15) is 19.5 Å². The number of carboxylic acid groups (broad SMARTS) is 1. The van der Waals surface area contributed by atoms with Crippen molar-refractivity contribution >= 4 is 23.7 Å². The first-order valence-corrected chi connectivity index (χ1v) is 11.3. The number of nitrogens with one attached hydrogen (secondary N) is 2. The summed E-state index contributed by atoms with van der Waals surface area (Å²) in [7, 11) is 0. The highest BCUT2D eigenvalue weighted by Gasteiger charge is 2.28. The molecule has 178 valence electrons. The van der Waals surface area contributed by atoms with Gasteiger partial charge < -0.3 is 20.5 Å². The summed E-state index contributed by atoms with van der Waals surface area (Å²) in [6.07, 6.45) is 1.00. The Labute approximate surface area is 203 Å². The van der Waals surface area contributed by atoms with E-state index in [1.54, 1.807) is 32.1 Å². The molecule has 0 aromatic heterocycles. The van der Waals surface area contributed by atoms with Gasteiger partial charge in [-0.2, -0.15) is 0 Å². The van der Waals surface area contributed by atoms with Crippen molar-refractivity contribution in [2.75, 3.05) is 18.5 Å². The van der Waals surface area contributed by atoms with Crippen LogP contribution in [-0.4, -0.2) is 36.2 Å². The van der Waals surface area contributed by atoms with Gasteiger partial charge >= 0.3 is 12.1 Å². The predicted octanol–water partition coefficient (Wildman–Crippen LogP) is 5.12. The molecule has 2 amide bonds. The van der Waals surface area contributed by atoms with Crippen LogP contribution in [0.4, 0.5) is 10.5 Å². The van der Waals surface area contributed by atoms with Gasteiger partial charge in [0.15, 0.2) is 0 Å². The highest BCUT2D eigenvalue weighted by molar-refractivity contribution is 6.04. The minimum atomic E-state index is -1.06. The van der Waals surface area contributed by atoms with E-state index in [0.29, 0.717) is 16.8 Å². The zero-order valence-corrected chi connectivity index (χ0v) is 19.5. The molecule has 0 heterocycles. The number of carbonyl (C=O) groups is 3. The number of aryl methyl sites for hydroxylation is 1. The van der Waals surface area contributed by atoms with E-state index in [-0.39, 0.29) is 30.5 Å². The molecule has 0 saturated heterocycles. The zero-order valence-electron chi connectivity index (χ0n) is 19.5. The van der Waals surface area contributed by atoms with Crippen molar-refractivity contribution in [2.45, 2.75) is 19.8 Å². The summed E-state index contributed by atoms with van der Waals surface area (Å²) in [5, 5.41) is 14.5. The van der Waals surface area contributed by atoms with Crippen molar-refractivity contribution < 1.29 is 24.2 Å². The van der Waals surface area contributed by atoms with Gasteiger partial charge in [-0.1, -0.05) is 60.7 Å². The Bertz CT molecular complexity index is 1280. The molecule has 0 aliphatic heterocycles. The molecule has 3 aromatic carbocycles. The summed E-state index contributed by atoms with van der Waals surface area (Å²) in [5.74, 6) is -1.47. The van der Waals surface area contributed by atoms with Crippen molar-refractivity contribution in [1.82, 2.24) is 5.32 Å². The van der Waals surface area contributed by atoms with Crippen molar-refractivity contribution in [3.05, 3.63) is 101 Å². The number of carboxylic acids is 1. The van der Waals surface area contributed by atoms with Gasteiger partial charge in [-0.05, 0) is 53.8 Å². The van der Waals surface area contributed by atoms with E-state index in [0.717, 1.165) is 22.3 Å². The Morgan fingerprint density at radius 3 is 2.23 bits per heavy atom. The number of fused-ring (bicyclic) bond motifs is 3. The summed E-state index contributed by atoms with van der Waals surface area (Å²) < 4.78 is 5.49. The predicted molar refractivity (Wildman–Crippen MR) is 134 cm³/mol. The van der Waals surface area contributed by atoms with Gasteiger partial charge in [0.2, 0.25) is 0 Å². The number of aromatic carboxylic acids is 1. The first-order valence-electron chi connectivity index (χ1n) is 11.3. The minimum Gasteiger partial charge on any atom is -0.478 e. The molecule has 0 bridgehead atoms. The second-order valence-electron chi connectivity index (χ2n) is 8.38. The van der Waals surface area contributed by atoms with Crippen LogP contribution >= 0.6 is 0 Å². The SMILES string of the molecule is C/C(=C\CNC(=O)OCC1c2ccccc2-c2ccccc21)C(=O)Nc1ccc(C)c(C(=O)O)c1. The van der Waals surface area contributed by atoms with Crippen LogP contribution in [-0.2, 0) is 9.53 Å². The van der Waals surface area contributed by atoms with Gasteiger partial charge in [-0.15, -0.1) is 0 Å². The number of alkyl carbamates (subject to hydrolysis) is 1. The number of amides is 2. The quantitative estimate of drug-likeness (QED) is 0.416. The van der Waals surface area contributed by atoms with Crippen LogP contribution in [0.5, 0.6) is 0 Å². The fourth-order valence-electron chi connectivity index (χ4n) is 4.19. The summed E-state index contributed by atoms with van der Waals surface area (Å²) in [6, 6.07) is 20.9. The maximum absolute atomic E-state index is 12.4. The number of hydrogen-bond acceptors (Lipinski definition) is 4. The fourth-order valence-corrected chi connectivity index (χ4v) is 4.19. The van der Waals surface area contributed by atoms with Crippen molar-refractivity contribution in [1.29, 1.82) is 0 Å². The lowest BCUT2D eigenvalue weighted by Crippen LogP contribution is -2.26.